The molecule has 0 unspecified atom stereocenters. The lowest BCUT2D eigenvalue weighted by atomic mass is 9.86. The van der Waals surface area contributed by atoms with Gasteiger partial charge in [0.25, 0.3) is 0 Å². The average molecular weight is 465 g/mol. The van der Waals surface area contributed by atoms with Gasteiger partial charge in [-0.25, -0.2) is 0 Å². The van der Waals surface area contributed by atoms with Gasteiger partial charge in [-0.3, -0.25) is 9.78 Å². The van der Waals surface area contributed by atoms with E-state index in [4.69, 9.17) is 9.47 Å². The smallest absolute Gasteiger partial charge is 0.311 e. The molecule has 1 aromatic heterocycles. The van der Waals surface area contributed by atoms with Crippen molar-refractivity contribution >= 4 is 5.97 Å². The number of pyridine rings is 1. The number of esters is 1. The third-order valence-electron chi connectivity index (χ3n) is 7.08. The Kier molecular flexibility index (Phi) is 8.25. The lowest BCUT2D eigenvalue weighted by molar-refractivity contribution is -0.134. The molecule has 0 bridgehead atoms. The summed E-state index contributed by atoms with van der Waals surface area (Å²) in [6.45, 7) is 9.65. The number of carbonyl (C=O) groups excluding carboxylic acids is 1. The molecule has 2 aromatic rings. The van der Waals surface area contributed by atoms with Crippen LogP contribution in [0, 0.1) is 0 Å². The second-order valence-electron chi connectivity index (χ2n) is 10.3. The molecule has 2 aliphatic rings. The van der Waals surface area contributed by atoms with Gasteiger partial charge >= 0.3 is 5.97 Å². The van der Waals surface area contributed by atoms with E-state index in [1.54, 1.807) is 6.20 Å². The van der Waals surface area contributed by atoms with Crippen molar-refractivity contribution in [3.63, 3.8) is 0 Å². The molecule has 0 amide bonds. The number of likely N-dealkylation sites (tertiary alicyclic amines) is 1. The van der Waals surface area contributed by atoms with Crippen LogP contribution in [0.1, 0.15) is 89.7 Å². The maximum atomic E-state index is 12.9. The Morgan fingerprint density at radius 3 is 2.74 bits per heavy atom. The molecule has 1 fully saturated rings. The molecule has 0 N–H and O–H groups in total. The summed E-state index contributed by atoms with van der Waals surface area (Å²) < 4.78 is 12.5. The molecule has 0 spiro atoms. The van der Waals surface area contributed by atoms with Crippen LogP contribution >= 0.6 is 0 Å². The van der Waals surface area contributed by atoms with Crippen molar-refractivity contribution in [1.82, 2.24) is 9.88 Å². The largest absolute Gasteiger partial charge is 0.482 e. The Morgan fingerprint density at radius 2 is 1.94 bits per heavy atom. The Balaban J connectivity index is 1.54. The van der Waals surface area contributed by atoms with E-state index in [1.165, 1.54) is 38.5 Å². The van der Waals surface area contributed by atoms with Crippen molar-refractivity contribution in [2.75, 3.05) is 19.6 Å². The van der Waals surface area contributed by atoms with Crippen molar-refractivity contribution in [3.8, 4) is 22.6 Å². The summed E-state index contributed by atoms with van der Waals surface area (Å²) in [6.07, 6.45) is 14.5. The lowest BCUT2D eigenvalue weighted by Crippen LogP contribution is -2.31. The first-order chi connectivity index (χ1) is 16.5. The van der Waals surface area contributed by atoms with Gasteiger partial charge in [-0.05, 0) is 89.3 Å². The second-order valence-corrected chi connectivity index (χ2v) is 10.3. The van der Waals surface area contributed by atoms with Gasteiger partial charge in [0, 0.05) is 29.9 Å². The number of unbranched alkanes of at least 4 members (excludes halogenated alkanes) is 3. The number of ether oxygens (including phenoxy) is 2. The Labute approximate surface area is 204 Å². The molecule has 4 rings (SSSR count). The molecule has 1 saturated heterocycles. The topological polar surface area (TPSA) is 51.7 Å². The van der Waals surface area contributed by atoms with E-state index in [0.29, 0.717) is 12.2 Å². The molecule has 1 aromatic carbocycles. The number of fused-ring (bicyclic) bond motifs is 3. The number of aromatic nitrogens is 1. The van der Waals surface area contributed by atoms with Crippen molar-refractivity contribution in [2.45, 2.75) is 90.6 Å². The standard InChI is InChI=1S/C29H40N2O3/c1-4-5-6-8-12-22-19-25(33-27(32)13-11-18-31-16-9-7-10-17-31)28-23-21-30-15-14-24(23)29(2,3)34-26(28)20-22/h14-15,19-21H,4-13,16-18H2,1-3H3. The molecule has 0 atom stereocenters. The van der Waals surface area contributed by atoms with Gasteiger partial charge in [-0.2, -0.15) is 0 Å². The number of rotatable bonds is 10. The summed E-state index contributed by atoms with van der Waals surface area (Å²) in [5, 5.41) is 0. The van der Waals surface area contributed by atoms with Gasteiger partial charge in [0.15, 0.2) is 0 Å². The first-order valence-electron chi connectivity index (χ1n) is 13.2. The maximum Gasteiger partial charge on any atom is 0.311 e. The van der Waals surface area contributed by atoms with Gasteiger partial charge in [0.2, 0.25) is 0 Å². The molecule has 0 aliphatic carbocycles. The van der Waals surface area contributed by atoms with Crippen molar-refractivity contribution in [3.05, 3.63) is 41.7 Å². The predicted octanol–water partition coefficient (Wildman–Crippen LogP) is 6.67. The molecular weight excluding hydrogens is 424 g/mol. The monoisotopic (exact) mass is 464 g/mol. The minimum atomic E-state index is -0.470. The fraction of sp³-hybridized carbons (Fsp3) is 0.586. The van der Waals surface area contributed by atoms with Crippen LogP contribution in [-0.4, -0.2) is 35.5 Å². The van der Waals surface area contributed by atoms with Crippen molar-refractivity contribution in [1.29, 1.82) is 0 Å². The highest BCUT2D eigenvalue weighted by molar-refractivity contribution is 5.84. The highest BCUT2D eigenvalue weighted by atomic mass is 16.5. The number of aryl methyl sites for hydroxylation is 1. The van der Waals surface area contributed by atoms with Crippen LogP contribution in [0.2, 0.25) is 0 Å². The lowest BCUT2D eigenvalue weighted by Gasteiger charge is -2.35. The molecule has 0 saturated carbocycles. The number of hydrogen-bond acceptors (Lipinski definition) is 5. The Bertz CT molecular complexity index is 979. The average Bonchev–Trinajstić information content (AvgIpc) is 2.82. The summed E-state index contributed by atoms with van der Waals surface area (Å²) in [6, 6.07) is 6.18. The molecular formula is C29H40N2O3. The second kappa shape index (κ2) is 11.4. The number of benzene rings is 1. The fourth-order valence-electron chi connectivity index (χ4n) is 5.22. The zero-order chi connectivity index (χ0) is 24.0. The van der Waals surface area contributed by atoms with Crippen LogP contribution in [0.15, 0.2) is 30.6 Å². The quantitative estimate of drug-likeness (QED) is 0.223. The summed E-state index contributed by atoms with van der Waals surface area (Å²) in [5.74, 6) is 1.22. The minimum absolute atomic E-state index is 0.169. The van der Waals surface area contributed by atoms with E-state index < -0.39 is 5.60 Å². The minimum Gasteiger partial charge on any atom is -0.482 e. The van der Waals surface area contributed by atoms with Crippen LogP contribution in [0.3, 0.4) is 0 Å². The Hall–Kier alpha value is -2.40. The van der Waals surface area contributed by atoms with Gasteiger partial charge < -0.3 is 14.4 Å². The first-order valence-corrected chi connectivity index (χ1v) is 13.2. The van der Waals surface area contributed by atoms with Gasteiger partial charge in [-0.15, -0.1) is 0 Å². The molecule has 5 heteroatoms. The number of nitrogens with zero attached hydrogens (tertiary/aromatic N) is 2. The van der Waals surface area contributed by atoms with E-state index in [2.05, 4.69) is 36.7 Å². The Morgan fingerprint density at radius 1 is 1.12 bits per heavy atom. The van der Waals surface area contributed by atoms with Crippen LogP contribution in [0.25, 0.3) is 11.1 Å². The van der Waals surface area contributed by atoms with Gasteiger partial charge in [0.05, 0.1) is 5.56 Å². The number of carbonyl (C=O) groups is 1. The molecule has 34 heavy (non-hydrogen) atoms. The number of hydrogen-bond donors (Lipinski definition) is 0. The number of piperidine rings is 1. The van der Waals surface area contributed by atoms with Gasteiger partial charge in [0.1, 0.15) is 17.1 Å². The third kappa shape index (κ3) is 5.99. The zero-order valence-corrected chi connectivity index (χ0v) is 21.2. The molecule has 0 radical (unpaired) electrons. The summed E-state index contributed by atoms with van der Waals surface area (Å²) in [4.78, 5) is 19.7. The first kappa shape index (κ1) is 24.7. The van der Waals surface area contributed by atoms with Crippen molar-refractivity contribution < 1.29 is 14.3 Å². The summed E-state index contributed by atoms with van der Waals surface area (Å²) in [5.41, 5.74) is 3.59. The van der Waals surface area contributed by atoms with Crippen LogP contribution in [0.4, 0.5) is 0 Å². The van der Waals surface area contributed by atoms with Crippen molar-refractivity contribution in [2.24, 2.45) is 0 Å². The van der Waals surface area contributed by atoms with E-state index in [-0.39, 0.29) is 5.97 Å². The van der Waals surface area contributed by atoms with E-state index in [9.17, 15) is 4.79 Å². The predicted molar refractivity (Wildman–Crippen MR) is 136 cm³/mol. The molecule has 2 aliphatic heterocycles. The van der Waals surface area contributed by atoms with E-state index in [1.807, 2.05) is 18.3 Å². The SMILES string of the molecule is CCCCCCc1cc(OC(=O)CCCN2CCCCC2)c2c(c1)OC(C)(C)c1ccncc1-2. The molecule has 184 valence electrons. The van der Waals surface area contributed by atoms with Crippen LogP contribution in [-0.2, 0) is 16.8 Å². The van der Waals surface area contributed by atoms with Crippen LogP contribution in [0.5, 0.6) is 11.5 Å². The van der Waals surface area contributed by atoms with Crippen LogP contribution < -0.4 is 9.47 Å². The maximum absolute atomic E-state index is 12.9. The molecule has 5 nitrogen and oxygen atoms in total. The highest BCUT2D eigenvalue weighted by Gasteiger charge is 2.35. The zero-order valence-electron chi connectivity index (χ0n) is 21.2. The summed E-state index contributed by atoms with van der Waals surface area (Å²) >= 11 is 0. The highest BCUT2D eigenvalue weighted by Crippen LogP contribution is 2.49. The van der Waals surface area contributed by atoms with Gasteiger partial charge in [-0.1, -0.05) is 32.6 Å². The van der Waals surface area contributed by atoms with E-state index in [0.717, 1.165) is 66.9 Å². The fourth-order valence-corrected chi connectivity index (χ4v) is 5.22. The third-order valence-corrected chi connectivity index (χ3v) is 7.08. The molecule has 3 heterocycles. The van der Waals surface area contributed by atoms with E-state index >= 15 is 0 Å². The summed E-state index contributed by atoms with van der Waals surface area (Å²) in [7, 11) is 0. The normalized spacial score (nSPS) is 16.9.